The summed E-state index contributed by atoms with van der Waals surface area (Å²) in [4.78, 5) is 2.58. The fourth-order valence-corrected chi connectivity index (χ4v) is 11.1. The minimum atomic E-state index is -0.520. The summed E-state index contributed by atoms with van der Waals surface area (Å²) in [7, 11) is 0. The third kappa shape index (κ3) is 5.08. The summed E-state index contributed by atoms with van der Waals surface area (Å²) in [5.41, 5.74) is 18.2. The SMILES string of the molecule is CC1(C)c2ccccc2-c2c(N(c3ccc(-c4cccc5ccccc45)cc3)c3cccc4c3-c3ccccc3C4(c3ccccc3)c3ccccc3)cc3ccccc3c21. The second-order valence-corrected chi connectivity index (χ2v) is 17.2. The normalized spacial score (nSPS) is 14.0. The summed E-state index contributed by atoms with van der Waals surface area (Å²) < 4.78 is 0. The Morgan fingerprint density at radius 3 is 1.61 bits per heavy atom. The molecular formula is C60H43N. The van der Waals surface area contributed by atoms with Crippen LogP contribution in [0.4, 0.5) is 17.1 Å². The van der Waals surface area contributed by atoms with Gasteiger partial charge in [-0.05, 0) is 101 Å². The zero-order valence-corrected chi connectivity index (χ0v) is 34.3. The number of hydrogen-bond acceptors (Lipinski definition) is 1. The van der Waals surface area contributed by atoms with E-state index in [2.05, 4.69) is 243 Å². The van der Waals surface area contributed by atoms with Gasteiger partial charge >= 0.3 is 0 Å². The summed E-state index contributed by atoms with van der Waals surface area (Å²) in [6, 6.07) is 83.5. The second kappa shape index (κ2) is 13.5. The molecule has 0 heterocycles. The first-order valence-corrected chi connectivity index (χ1v) is 21.4. The van der Waals surface area contributed by atoms with Crippen LogP contribution in [0.5, 0.6) is 0 Å². The third-order valence-corrected chi connectivity index (χ3v) is 13.7. The molecule has 0 spiro atoms. The molecule has 0 saturated heterocycles. The Balaban J connectivity index is 1.19. The summed E-state index contributed by atoms with van der Waals surface area (Å²) in [6.07, 6.45) is 0. The maximum atomic E-state index is 2.58. The van der Waals surface area contributed by atoms with Gasteiger partial charge in [-0.15, -0.1) is 0 Å². The Labute approximate surface area is 357 Å². The largest absolute Gasteiger partial charge is 0.309 e. The van der Waals surface area contributed by atoms with Crippen molar-refractivity contribution in [3.05, 3.63) is 258 Å². The fraction of sp³-hybridized carbons (Fsp3) is 0.0667. The van der Waals surface area contributed by atoms with Crippen molar-refractivity contribution in [1.29, 1.82) is 0 Å². The molecule has 0 saturated carbocycles. The molecule has 0 fully saturated rings. The van der Waals surface area contributed by atoms with Gasteiger partial charge in [0.2, 0.25) is 0 Å². The lowest BCUT2D eigenvalue weighted by Gasteiger charge is -2.35. The summed E-state index contributed by atoms with van der Waals surface area (Å²) in [6.45, 7) is 4.81. The van der Waals surface area contributed by atoms with Crippen molar-refractivity contribution in [3.63, 3.8) is 0 Å². The average Bonchev–Trinajstić information content (AvgIpc) is 3.76. The number of benzene rings is 10. The zero-order chi connectivity index (χ0) is 40.7. The first kappa shape index (κ1) is 35.5. The average molecular weight is 778 g/mol. The van der Waals surface area contributed by atoms with Gasteiger partial charge in [-0.3, -0.25) is 0 Å². The number of rotatable bonds is 6. The van der Waals surface area contributed by atoms with Crippen molar-refractivity contribution < 1.29 is 0 Å². The minimum absolute atomic E-state index is 0.202. The van der Waals surface area contributed by atoms with Gasteiger partial charge in [0.05, 0.1) is 16.8 Å². The molecule has 61 heavy (non-hydrogen) atoms. The lowest BCUT2D eigenvalue weighted by Crippen LogP contribution is -2.28. The molecule has 1 nitrogen and oxygen atoms in total. The van der Waals surface area contributed by atoms with E-state index in [0.717, 1.165) is 11.4 Å². The Morgan fingerprint density at radius 1 is 0.361 bits per heavy atom. The molecule has 0 bridgehead atoms. The molecule has 0 amide bonds. The van der Waals surface area contributed by atoms with Crippen LogP contribution in [0.2, 0.25) is 0 Å². The van der Waals surface area contributed by atoms with E-state index in [4.69, 9.17) is 0 Å². The molecule has 0 atom stereocenters. The van der Waals surface area contributed by atoms with Crippen LogP contribution in [0, 0.1) is 0 Å². The predicted molar refractivity (Wildman–Crippen MR) is 256 cm³/mol. The standard InChI is InChI=1S/C60H43N/c1-59(2)51-31-15-13-28-49(51)57-55(39-42-20-10-12-27-48(42)58(57)59)61(45-37-35-41(36-38-45)47-30-17-21-40-19-9-11-26-46(40)47)54-34-18-33-53-56(54)50-29-14-16-32-52(50)60(53,43-22-5-3-6-23-43)44-24-7-4-8-25-44/h3-39H,1-2H3. The quantitative estimate of drug-likeness (QED) is 0.163. The number of hydrogen-bond donors (Lipinski definition) is 0. The van der Waals surface area contributed by atoms with Crippen LogP contribution in [0.25, 0.3) is 54.9 Å². The second-order valence-electron chi connectivity index (χ2n) is 17.2. The molecule has 10 aromatic rings. The highest BCUT2D eigenvalue weighted by molar-refractivity contribution is 6.08. The van der Waals surface area contributed by atoms with Gasteiger partial charge < -0.3 is 4.90 Å². The van der Waals surface area contributed by atoms with Crippen LogP contribution in [0.1, 0.15) is 47.2 Å². The van der Waals surface area contributed by atoms with Crippen molar-refractivity contribution in [2.75, 3.05) is 4.90 Å². The minimum Gasteiger partial charge on any atom is -0.309 e. The molecule has 288 valence electrons. The summed E-state index contributed by atoms with van der Waals surface area (Å²) in [5.74, 6) is 0. The molecule has 12 rings (SSSR count). The van der Waals surface area contributed by atoms with Crippen LogP contribution in [0.15, 0.2) is 224 Å². The zero-order valence-electron chi connectivity index (χ0n) is 34.3. The van der Waals surface area contributed by atoms with Crippen molar-refractivity contribution in [2.45, 2.75) is 24.7 Å². The van der Waals surface area contributed by atoms with Gasteiger partial charge in [0.1, 0.15) is 0 Å². The van der Waals surface area contributed by atoms with Crippen molar-refractivity contribution in [3.8, 4) is 33.4 Å². The number of fused-ring (bicyclic) bond motifs is 9. The molecule has 1 heteroatoms. The highest BCUT2D eigenvalue weighted by Crippen LogP contribution is 2.62. The third-order valence-electron chi connectivity index (χ3n) is 13.7. The van der Waals surface area contributed by atoms with Crippen LogP contribution >= 0.6 is 0 Å². The van der Waals surface area contributed by atoms with E-state index in [1.165, 1.54) is 94.0 Å². The van der Waals surface area contributed by atoms with Crippen molar-refractivity contribution in [2.24, 2.45) is 0 Å². The number of anilines is 3. The molecule has 0 aromatic heterocycles. The molecule has 0 aliphatic heterocycles. The predicted octanol–water partition coefficient (Wildman–Crippen LogP) is 15.8. The molecule has 10 aromatic carbocycles. The highest BCUT2D eigenvalue weighted by atomic mass is 15.1. The molecule has 0 radical (unpaired) electrons. The summed E-state index contributed by atoms with van der Waals surface area (Å²) >= 11 is 0. The van der Waals surface area contributed by atoms with E-state index in [1.807, 2.05) is 0 Å². The van der Waals surface area contributed by atoms with E-state index in [1.54, 1.807) is 0 Å². The van der Waals surface area contributed by atoms with E-state index in [9.17, 15) is 0 Å². The van der Waals surface area contributed by atoms with Gasteiger partial charge in [-0.1, -0.05) is 214 Å². The van der Waals surface area contributed by atoms with Crippen LogP contribution in [-0.2, 0) is 10.8 Å². The Morgan fingerprint density at radius 2 is 0.885 bits per heavy atom. The molecule has 2 aliphatic carbocycles. The van der Waals surface area contributed by atoms with Crippen LogP contribution in [-0.4, -0.2) is 0 Å². The van der Waals surface area contributed by atoms with Gasteiger partial charge in [0.15, 0.2) is 0 Å². The van der Waals surface area contributed by atoms with Gasteiger partial charge in [-0.2, -0.15) is 0 Å². The van der Waals surface area contributed by atoms with Crippen molar-refractivity contribution in [1.82, 2.24) is 0 Å². The van der Waals surface area contributed by atoms with Crippen molar-refractivity contribution >= 4 is 38.6 Å². The molecule has 0 unspecified atom stereocenters. The lowest BCUT2D eigenvalue weighted by molar-refractivity contribution is 0.666. The van der Waals surface area contributed by atoms with Gasteiger partial charge in [0, 0.05) is 22.2 Å². The van der Waals surface area contributed by atoms with Gasteiger partial charge in [-0.25, -0.2) is 0 Å². The highest BCUT2D eigenvalue weighted by Gasteiger charge is 2.48. The lowest BCUT2D eigenvalue weighted by atomic mass is 9.68. The van der Waals surface area contributed by atoms with E-state index in [-0.39, 0.29) is 5.41 Å². The van der Waals surface area contributed by atoms with E-state index in [0.29, 0.717) is 0 Å². The maximum absolute atomic E-state index is 2.58. The number of nitrogens with zero attached hydrogens (tertiary/aromatic N) is 1. The Bertz CT molecular complexity index is 3280. The van der Waals surface area contributed by atoms with E-state index >= 15 is 0 Å². The Hall–Kier alpha value is -7.48. The first-order valence-electron chi connectivity index (χ1n) is 21.4. The smallest absolute Gasteiger partial charge is 0.0714 e. The maximum Gasteiger partial charge on any atom is 0.0714 e. The Kier molecular flexibility index (Phi) is 7.86. The fourth-order valence-electron chi connectivity index (χ4n) is 11.1. The first-order chi connectivity index (χ1) is 30.0. The topological polar surface area (TPSA) is 3.24 Å². The van der Waals surface area contributed by atoms with Crippen LogP contribution < -0.4 is 4.90 Å². The monoisotopic (exact) mass is 777 g/mol. The van der Waals surface area contributed by atoms with Crippen LogP contribution in [0.3, 0.4) is 0 Å². The molecule has 0 N–H and O–H groups in total. The molecule has 2 aliphatic rings. The summed E-state index contributed by atoms with van der Waals surface area (Å²) in [5, 5.41) is 5.06. The van der Waals surface area contributed by atoms with Gasteiger partial charge in [0.25, 0.3) is 0 Å². The molecular weight excluding hydrogens is 735 g/mol. The van der Waals surface area contributed by atoms with E-state index < -0.39 is 5.41 Å².